The monoisotopic (exact) mass is 445 g/mol. The minimum Gasteiger partial charge on any atom is -0.379 e. The fourth-order valence-corrected chi connectivity index (χ4v) is 4.17. The Hall–Kier alpha value is -1.67. The summed E-state index contributed by atoms with van der Waals surface area (Å²) in [5.41, 5.74) is 1.42. The summed E-state index contributed by atoms with van der Waals surface area (Å²) >= 11 is 0. The van der Waals surface area contributed by atoms with E-state index in [2.05, 4.69) is 62.7 Å². The third-order valence-electron chi connectivity index (χ3n) is 6.07. The molecule has 2 heterocycles. The van der Waals surface area contributed by atoms with Crippen LogP contribution in [0.15, 0.2) is 35.3 Å². The molecule has 180 valence electrons. The van der Waals surface area contributed by atoms with Crippen molar-refractivity contribution in [3.63, 3.8) is 0 Å². The van der Waals surface area contributed by atoms with E-state index in [-0.39, 0.29) is 6.10 Å². The standard InChI is InChI=1S/C25H43N5O2/c1-2-26-25(28-13-8-19-32-24-11-20-31-22-24)27-12-6-7-14-29-15-17-30(18-16-29)21-23-9-4-3-5-10-23/h3-5,9-10,24H,2,6-8,11-22H2,1H3,(H2,26,27,28). The van der Waals surface area contributed by atoms with Gasteiger partial charge in [0.05, 0.1) is 12.7 Å². The topological polar surface area (TPSA) is 61.4 Å². The first-order valence-corrected chi connectivity index (χ1v) is 12.5. The summed E-state index contributed by atoms with van der Waals surface area (Å²) in [4.78, 5) is 9.85. The van der Waals surface area contributed by atoms with E-state index in [4.69, 9.17) is 9.47 Å². The Morgan fingerprint density at radius 3 is 2.62 bits per heavy atom. The van der Waals surface area contributed by atoms with Crippen LogP contribution in [0.25, 0.3) is 0 Å². The summed E-state index contributed by atoms with van der Waals surface area (Å²) in [7, 11) is 0. The third kappa shape index (κ3) is 9.86. The molecule has 2 fully saturated rings. The summed E-state index contributed by atoms with van der Waals surface area (Å²) < 4.78 is 11.1. The number of nitrogens with zero attached hydrogens (tertiary/aromatic N) is 3. The van der Waals surface area contributed by atoms with Gasteiger partial charge >= 0.3 is 0 Å². The van der Waals surface area contributed by atoms with Gasteiger partial charge in [0.2, 0.25) is 0 Å². The minimum atomic E-state index is 0.289. The zero-order valence-electron chi connectivity index (χ0n) is 19.9. The molecule has 0 spiro atoms. The van der Waals surface area contributed by atoms with Crippen LogP contribution in [0.5, 0.6) is 0 Å². The van der Waals surface area contributed by atoms with Crippen molar-refractivity contribution in [3.8, 4) is 0 Å². The summed E-state index contributed by atoms with van der Waals surface area (Å²) in [5, 5.41) is 6.82. The Bertz CT molecular complexity index is 628. The highest BCUT2D eigenvalue weighted by Crippen LogP contribution is 2.09. The lowest BCUT2D eigenvalue weighted by atomic mass is 10.2. The number of ether oxygens (including phenoxy) is 2. The average molecular weight is 446 g/mol. The zero-order chi connectivity index (χ0) is 22.3. The number of guanidine groups is 1. The molecule has 0 saturated carbocycles. The second-order valence-corrected chi connectivity index (χ2v) is 8.71. The molecule has 2 saturated heterocycles. The number of piperazine rings is 1. The smallest absolute Gasteiger partial charge is 0.191 e. The normalized spacial score (nSPS) is 20.5. The summed E-state index contributed by atoms with van der Waals surface area (Å²) in [5.74, 6) is 0.922. The van der Waals surface area contributed by atoms with Gasteiger partial charge in [0.1, 0.15) is 0 Å². The maximum absolute atomic E-state index is 5.81. The van der Waals surface area contributed by atoms with Crippen LogP contribution < -0.4 is 10.6 Å². The molecule has 0 aromatic heterocycles. The SMILES string of the molecule is CCNC(=NCCCOC1CCOC1)NCCCCN1CCN(Cc2ccccc2)CC1. The highest BCUT2D eigenvalue weighted by atomic mass is 16.5. The molecule has 0 radical (unpaired) electrons. The Morgan fingerprint density at radius 1 is 1.06 bits per heavy atom. The highest BCUT2D eigenvalue weighted by molar-refractivity contribution is 5.79. The summed E-state index contributed by atoms with van der Waals surface area (Å²) in [6, 6.07) is 10.8. The number of unbranched alkanes of at least 4 members (excludes halogenated alkanes) is 1. The molecule has 7 heteroatoms. The van der Waals surface area contributed by atoms with Crippen LogP contribution in [-0.2, 0) is 16.0 Å². The average Bonchev–Trinajstić information content (AvgIpc) is 3.34. The minimum absolute atomic E-state index is 0.289. The molecule has 1 aromatic carbocycles. The van der Waals surface area contributed by atoms with Crippen molar-refractivity contribution < 1.29 is 9.47 Å². The van der Waals surface area contributed by atoms with Gasteiger partial charge in [-0.15, -0.1) is 0 Å². The number of aliphatic imine (C=N–C) groups is 1. The molecular formula is C25H43N5O2. The van der Waals surface area contributed by atoms with Gasteiger partial charge in [0, 0.05) is 65.6 Å². The van der Waals surface area contributed by atoms with Crippen molar-refractivity contribution in [1.82, 2.24) is 20.4 Å². The second kappa shape index (κ2) is 15.2. The van der Waals surface area contributed by atoms with Crippen LogP contribution in [0, 0.1) is 0 Å². The van der Waals surface area contributed by atoms with Crippen LogP contribution >= 0.6 is 0 Å². The zero-order valence-corrected chi connectivity index (χ0v) is 19.9. The van der Waals surface area contributed by atoms with E-state index in [1.165, 1.54) is 51.1 Å². The molecule has 0 aliphatic carbocycles. The number of benzene rings is 1. The van der Waals surface area contributed by atoms with E-state index >= 15 is 0 Å². The Labute approximate surface area is 194 Å². The molecule has 1 atom stereocenters. The van der Waals surface area contributed by atoms with Crippen LogP contribution in [0.3, 0.4) is 0 Å². The van der Waals surface area contributed by atoms with Crippen LogP contribution in [0.2, 0.25) is 0 Å². The van der Waals surface area contributed by atoms with Gasteiger partial charge in [-0.05, 0) is 44.7 Å². The van der Waals surface area contributed by atoms with Gasteiger partial charge in [-0.2, -0.15) is 0 Å². The predicted molar refractivity (Wildman–Crippen MR) is 131 cm³/mol. The van der Waals surface area contributed by atoms with Crippen molar-refractivity contribution in [2.45, 2.75) is 45.3 Å². The fourth-order valence-electron chi connectivity index (χ4n) is 4.17. The maximum atomic E-state index is 5.81. The molecule has 0 amide bonds. The van der Waals surface area contributed by atoms with E-state index in [9.17, 15) is 0 Å². The summed E-state index contributed by atoms with van der Waals surface area (Å²) in [6.45, 7) is 14.1. The first-order valence-electron chi connectivity index (χ1n) is 12.5. The van der Waals surface area contributed by atoms with Gasteiger partial charge in [-0.1, -0.05) is 30.3 Å². The molecule has 1 unspecified atom stereocenters. The van der Waals surface area contributed by atoms with Gasteiger partial charge in [-0.3, -0.25) is 9.89 Å². The number of rotatable bonds is 13. The Morgan fingerprint density at radius 2 is 1.88 bits per heavy atom. The Kier molecular flexibility index (Phi) is 11.9. The lowest BCUT2D eigenvalue weighted by Crippen LogP contribution is -2.46. The molecule has 1 aromatic rings. The second-order valence-electron chi connectivity index (χ2n) is 8.71. The van der Waals surface area contributed by atoms with E-state index in [0.717, 1.165) is 64.8 Å². The lowest BCUT2D eigenvalue weighted by Gasteiger charge is -2.34. The Balaban J connectivity index is 1.20. The molecule has 0 bridgehead atoms. The van der Waals surface area contributed by atoms with Crippen molar-refractivity contribution in [3.05, 3.63) is 35.9 Å². The fraction of sp³-hybridized carbons (Fsp3) is 0.720. The molecular weight excluding hydrogens is 402 g/mol. The molecule has 32 heavy (non-hydrogen) atoms. The predicted octanol–water partition coefficient (Wildman–Crippen LogP) is 2.34. The third-order valence-corrected chi connectivity index (χ3v) is 6.07. The van der Waals surface area contributed by atoms with Crippen molar-refractivity contribution in [2.75, 3.05) is 72.2 Å². The van der Waals surface area contributed by atoms with Crippen LogP contribution in [-0.4, -0.2) is 94.0 Å². The first-order chi connectivity index (χ1) is 15.8. The number of hydrogen-bond acceptors (Lipinski definition) is 5. The molecule has 2 aliphatic heterocycles. The van der Waals surface area contributed by atoms with Crippen LogP contribution in [0.1, 0.15) is 38.2 Å². The number of nitrogens with one attached hydrogen (secondary N) is 2. The highest BCUT2D eigenvalue weighted by Gasteiger charge is 2.16. The summed E-state index contributed by atoms with van der Waals surface area (Å²) in [6.07, 6.45) is 4.65. The van der Waals surface area contributed by atoms with Gasteiger partial charge < -0.3 is 25.0 Å². The molecule has 3 rings (SSSR count). The molecule has 2 N–H and O–H groups in total. The largest absolute Gasteiger partial charge is 0.379 e. The molecule has 2 aliphatic rings. The lowest BCUT2D eigenvalue weighted by molar-refractivity contribution is 0.0424. The van der Waals surface area contributed by atoms with E-state index in [0.29, 0.717) is 0 Å². The van der Waals surface area contributed by atoms with Crippen LogP contribution in [0.4, 0.5) is 0 Å². The van der Waals surface area contributed by atoms with E-state index < -0.39 is 0 Å². The first kappa shape index (κ1) is 25.0. The van der Waals surface area contributed by atoms with Crippen molar-refractivity contribution in [1.29, 1.82) is 0 Å². The van der Waals surface area contributed by atoms with Crippen molar-refractivity contribution >= 4 is 5.96 Å². The molecule has 7 nitrogen and oxygen atoms in total. The van der Waals surface area contributed by atoms with Gasteiger partial charge in [-0.25, -0.2) is 0 Å². The van der Waals surface area contributed by atoms with Gasteiger partial charge in [0.25, 0.3) is 0 Å². The van der Waals surface area contributed by atoms with Gasteiger partial charge in [0.15, 0.2) is 5.96 Å². The maximum Gasteiger partial charge on any atom is 0.191 e. The van der Waals surface area contributed by atoms with E-state index in [1.807, 2.05) is 0 Å². The number of hydrogen-bond donors (Lipinski definition) is 2. The quantitative estimate of drug-likeness (QED) is 0.276. The van der Waals surface area contributed by atoms with E-state index in [1.54, 1.807) is 0 Å². The van der Waals surface area contributed by atoms with Crippen molar-refractivity contribution in [2.24, 2.45) is 4.99 Å².